The van der Waals surface area contributed by atoms with Crippen LogP contribution in [0.3, 0.4) is 0 Å². The quantitative estimate of drug-likeness (QED) is 0.323. The molecule has 0 fully saturated rings. The van der Waals surface area contributed by atoms with Gasteiger partial charge in [-0.05, 0) is 54.2 Å². The lowest BCUT2D eigenvalue weighted by molar-refractivity contribution is 0.577. The van der Waals surface area contributed by atoms with Gasteiger partial charge in [-0.1, -0.05) is 84.1 Å². The van der Waals surface area contributed by atoms with E-state index in [2.05, 4.69) is 55.4 Å². The van der Waals surface area contributed by atoms with Crippen LogP contribution in [0, 0.1) is 11.8 Å². The summed E-state index contributed by atoms with van der Waals surface area (Å²) in [5, 5.41) is 0. The molecule has 0 spiro atoms. The van der Waals surface area contributed by atoms with Gasteiger partial charge in [-0.3, -0.25) is 0 Å². The molecule has 0 radical (unpaired) electrons. The largest absolute Gasteiger partial charge is 0.0997 e. The van der Waals surface area contributed by atoms with Gasteiger partial charge in [-0.15, -0.1) is 0 Å². The van der Waals surface area contributed by atoms with Crippen LogP contribution in [0.25, 0.3) is 0 Å². The number of rotatable bonds is 12. The van der Waals surface area contributed by atoms with Gasteiger partial charge in [-0.25, -0.2) is 0 Å². The van der Waals surface area contributed by atoms with E-state index in [9.17, 15) is 0 Å². The van der Waals surface area contributed by atoms with Crippen molar-refractivity contribution < 1.29 is 0 Å². The van der Waals surface area contributed by atoms with Crippen molar-refractivity contribution in [2.45, 2.75) is 92.4 Å². The summed E-state index contributed by atoms with van der Waals surface area (Å²) in [7, 11) is 0.550. The average Bonchev–Trinajstić information content (AvgIpc) is 2.34. The molecule has 0 amide bonds. The summed E-state index contributed by atoms with van der Waals surface area (Å²) >= 11 is 0. The lowest BCUT2D eigenvalue weighted by atomic mass is 10.1. The maximum Gasteiger partial charge on any atom is -0.0116 e. The first-order valence-electron chi connectivity index (χ1n) is 9.22. The third-order valence-corrected chi connectivity index (χ3v) is 11.9. The lowest BCUT2D eigenvalue weighted by Crippen LogP contribution is -2.07. The van der Waals surface area contributed by atoms with Crippen molar-refractivity contribution in [2.75, 3.05) is 18.2 Å². The summed E-state index contributed by atoms with van der Waals surface area (Å²) in [6.07, 6.45) is 8.85. The van der Waals surface area contributed by atoms with E-state index in [1.807, 2.05) is 0 Å². The van der Waals surface area contributed by atoms with Crippen molar-refractivity contribution in [3.63, 3.8) is 0 Å². The Labute approximate surface area is 138 Å². The first kappa shape index (κ1) is 21.9. The molecule has 0 aliphatic heterocycles. The topological polar surface area (TPSA) is 0 Å². The van der Waals surface area contributed by atoms with Gasteiger partial charge in [0.2, 0.25) is 0 Å². The Bertz CT molecular complexity index is 210. The zero-order valence-electron chi connectivity index (χ0n) is 16.2. The third kappa shape index (κ3) is 12.0. The van der Waals surface area contributed by atoms with Gasteiger partial charge < -0.3 is 0 Å². The van der Waals surface area contributed by atoms with Gasteiger partial charge in [0, 0.05) is 0 Å². The molecule has 0 aromatic carbocycles. The van der Waals surface area contributed by atoms with E-state index in [0.29, 0.717) is 0 Å². The molecule has 0 heterocycles. The van der Waals surface area contributed by atoms with Crippen LogP contribution in [0.5, 0.6) is 0 Å². The van der Waals surface area contributed by atoms with E-state index < -0.39 is 0 Å². The molecule has 0 N–H and O–H groups in total. The minimum Gasteiger partial charge on any atom is -0.0997 e. The monoisotopic (exact) mass is 332 g/mol. The lowest BCUT2D eigenvalue weighted by Gasteiger charge is -2.30. The van der Waals surface area contributed by atoms with Crippen LogP contribution in [0.1, 0.15) is 81.1 Å². The molecule has 2 heteroatoms. The minimum atomic E-state index is 0.275. The fourth-order valence-electron chi connectivity index (χ4n) is 2.62. The summed E-state index contributed by atoms with van der Waals surface area (Å²) in [4.78, 5) is 0. The van der Waals surface area contributed by atoms with Crippen LogP contribution in [-0.2, 0) is 0 Å². The van der Waals surface area contributed by atoms with E-state index in [1.165, 1.54) is 38.0 Å². The Morgan fingerprint density at radius 2 is 0.905 bits per heavy atom. The molecule has 128 valence electrons. The smallest absolute Gasteiger partial charge is 0.0116 e. The Balaban J connectivity index is 4.32. The molecule has 0 saturated carbocycles. The van der Waals surface area contributed by atoms with Crippen molar-refractivity contribution in [1.29, 1.82) is 0 Å². The minimum absolute atomic E-state index is 0.275. The second kappa shape index (κ2) is 12.3. The molecule has 0 aromatic heterocycles. The first-order chi connectivity index (χ1) is 9.73. The van der Waals surface area contributed by atoms with E-state index in [4.69, 9.17) is 0 Å². The summed E-state index contributed by atoms with van der Waals surface area (Å²) in [5.74, 6) is 3.36. The summed E-state index contributed by atoms with van der Waals surface area (Å²) in [6.45, 7) is 19.4. The zero-order valence-corrected chi connectivity index (χ0v) is 17.9. The zero-order chi connectivity index (χ0) is 16.4. The Morgan fingerprint density at radius 1 is 0.571 bits per heavy atom. The van der Waals surface area contributed by atoms with E-state index >= 15 is 0 Å². The maximum absolute atomic E-state index is 2.48. The van der Waals surface area contributed by atoms with Crippen LogP contribution < -0.4 is 0 Å². The van der Waals surface area contributed by atoms with Gasteiger partial charge in [0.05, 0.1) is 0 Å². The molecule has 0 rings (SSSR count). The van der Waals surface area contributed by atoms with Crippen LogP contribution >= 0.6 is 15.8 Å². The molecule has 0 bridgehead atoms. The summed E-state index contributed by atoms with van der Waals surface area (Å²) < 4.78 is 0. The molecule has 0 aliphatic rings. The van der Waals surface area contributed by atoms with Crippen LogP contribution in [-0.4, -0.2) is 29.5 Å². The second-order valence-corrected chi connectivity index (χ2v) is 14.5. The van der Waals surface area contributed by atoms with Crippen LogP contribution in [0.15, 0.2) is 0 Å². The number of hydrogen-bond donors (Lipinski definition) is 0. The fourth-order valence-corrected chi connectivity index (χ4v) is 10.4. The highest BCUT2D eigenvalue weighted by Crippen LogP contribution is 2.56. The van der Waals surface area contributed by atoms with E-state index in [1.54, 1.807) is 5.90 Å². The Morgan fingerprint density at radius 3 is 1.14 bits per heavy atom. The van der Waals surface area contributed by atoms with Gasteiger partial charge in [0.1, 0.15) is 0 Å². The standard InChI is InChI=1S/C19H42P2/c1-16(2)11-9-13-20(18(5)6)15-21(19(7)8)14-10-12-17(3)4/h16-19H,9-15H2,1-8H3. The highest BCUT2D eigenvalue weighted by atomic mass is 31.2. The van der Waals surface area contributed by atoms with Gasteiger partial charge in [0.15, 0.2) is 0 Å². The van der Waals surface area contributed by atoms with E-state index in [0.717, 1.165) is 23.2 Å². The first-order valence-corrected chi connectivity index (χ1v) is 12.8. The Kier molecular flexibility index (Phi) is 12.8. The molecule has 2 unspecified atom stereocenters. The average molecular weight is 332 g/mol. The third-order valence-electron chi connectivity index (χ3n) is 4.28. The highest BCUT2D eigenvalue weighted by Gasteiger charge is 2.20. The molecule has 2 atom stereocenters. The van der Waals surface area contributed by atoms with Gasteiger partial charge in [-0.2, -0.15) is 0 Å². The fraction of sp³-hybridized carbons (Fsp3) is 1.00. The summed E-state index contributed by atoms with van der Waals surface area (Å²) in [6, 6.07) is 0. The van der Waals surface area contributed by atoms with Crippen molar-refractivity contribution in [1.82, 2.24) is 0 Å². The molecule has 0 saturated heterocycles. The van der Waals surface area contributed by atoms with Crippen molar-refractivity contribution >= 4 is 15.8 Å². The molecule has 0 aromatic rings. The van der Waals surface area contributed by atoms with E-state index in [-0.39, 0.29) is 15.8 Å². The van der Waals surface area contributed by atoms with Crippen molar-refractivity contribution in [3.05, 3.63) is 0 Å². The highest BCUT2D eigenvalue weighted by molar-refractivity contribution is 7.75. The second-order valence-electron chi connectivity index (χ2n) is 8.03. The predicted molar refractivity (Wildman–Crippen MR) is 107 cm³/mol. The van der Waals surface area contributed by atoms with Crippen molar-refractivity contribution in [3.8, 4) is 0 Å². The van der Waals surface area contributed by atoms with Gasteiger partial charge >= 0.3 is 0 Å². The SMILES string of the molecule is CC(C)CCCP(CP(CCCC(C)C)C(C)C)C(C)C. The van der Waals surface area contributed by atoms with Crippen LogP contribution in [0.4, 0.5) is 0 Å². The molecule has 0 nitrogen and oxygen atoms in total. The molecule has 0 aliphatic carbocycles. The molecular weight excluding hydrogens is 290 g/mol. The predicted octanol–water partition coefficient (Wildman–Crippen LogP) is 7.60. The van der Waals surface area contributed by atoms with Gasteiger partial charge in [0.25, 0.3) is 0 Å². The maximum atomic E-state index is 2.48. The molecular formula is C19H42P2. The number of hydrogen-bond acceptors (Lipinski definition) is 0. The summed E-state index contributed by atoms with van der Waals surface area (Å²) in [5.41, 5.74) is 1.86. The molecule has 21 heavy (non-hydrogen) atoms. The Hall–Kier alpha value is 0.860. The van der Waals surface area contributed by atoms with Crippen LogP contribution in [0.2, 0.25) is 0 Å². The normalized spacial score (nSPS) is 15.4. The van der Waals surface area contributed by atoms with Crippen molar-refractivity contribution in [2.24, 2.45) is 11.8 Å².